The van der Waals surface area contributed by atoms with Crippen molar-refractivity contribution in [2.24, 2.45) is 16.7 Å². The molecule has 0 bridgehead atoms. The number of carbonyl (C=O) groups excluding carboxylic acids is 1. The number of likely N-dealkylation sites (tertiary alicyclic amines) is 1. The third-order valence-electron chi connectivity index (χ3n) is 7.68. The van der Waals surface area contributed by atoms with E-state index in [0.29, 0.717) is 36.4 Å². The summed E-state index contributed by atoms with van der Waals surface area (Å²) in [5.41, 5.74) is -0.0152. The Morgan fingerprint density at radius 2 is 1.66 bits per heavy atom. The predicted molar refractivity (Wildman–Crippen MR) is 129 cm³/mol. The standard InChI is InChI=1S/C25H39F3N6O/c1-17-13-33(21-29-11-20(12-30-21)25(26,27)28)14-18(2)34(17)22(35)31-10-19-8-24(9-19)15-32(16-24)7-6-23(3,4)5/h11-12,17-19H,6-10,13-16H2,1-5H3,(H,31,35)/t17-,18-/m1/s1. The lowest BCUT2D eigenvalue weighted by molar-refractivity contribution is -0.138. The van der Waals surface area contributed by atoms with Gasteiger partial charge in [-0.2, -0.15) is 13.2 Å². The summed E-state index contributed by atoms with van der Waals surface area (Å²) >= 11 is 0. The molecular weight excluding hydrogens is 457 g/mol. The van der Waals surface area contributed by atoms with E-state index in [1.54, 1.807) is 0 Å². The number of hydrogen-bond acceptors (Lipinski definition) is 5. The Bertz CT molecular complexity index is 874. The first-order valence-corrected chi connectivity index (χ1v) is 12.7. The van der Waals surface area contributed by atoms with Crippen molar-refractivity contribution in [2.75, 3.05) is 44.2 Å². The first kappa shape index (κ1) is 26.0. The molecule has 0 radical (unpaired) electrons. The van der Waals surface area contributed by atoms with Gasteiger partial charge in [0, 0.05) is 57.2 Å². The van der Waals surface area contributed by atoms with Crippen molar-refractivity contribution in [3.8, 4) is 0 Å². The molecule has 2 saturated heterocycles. The van der Waals surface area contributed by atoms with Gasteiger partial charge in [-0.3, -0.25) is 0 Å². The van der Waals surface area contributed by atoms with Crippen LogP contribution in [0.2, 0.25) is 0 Å². The minimum absolute atomic E-state index is 0.0700. The highest BCUT2D eigenvalue weighted by atomic mass is 19.4. The summed E-state index contributed by atoms with van der Waals surface area (Å²) in [5.74, 6) is 0.796. The molecule has 7 nitrogen and oxygen atoms in total. The molecule has 3 aliphatic rings. The second-order valence-corrected chi connectivity index (χ2v) is 12.3. The van der Waals surface area contributed by atoms with Gasteiger partial charge < -0.3 is 20.0 Å². The molecule has 1 aliphatic carbocycles. The number of piperazine rings is 1. The Morgan fingerprint density at radius 1 is 1.09 bits per heavy atom. The summed E-state index contributed by atoms with van der Waals surface area (Å²) in [6.45, 7) is 16.0. The minimum Gasteiger partial charge on any atom is -0.338 e. The van der Waals surface area contributed by atoms with E-state index in [-0.39, 0.29) is 24.1 Å². The molecule has 2 atom stereocenters. The van der Waals surface area contributed by atoms with E-state index in [1.807, 2.05) is 23.6 Å². The van der Waals surface area contributed by atoms with Gasteiger partial charge in [0.25, 0.3) is 0 Å². The Balaban J connectivity index is 1.20. The van der Waals surface area contributed by atoms with Crippen LogP contribution in [0.4, 0.5) is 23.9 Å². The highest BCUT2D eigenvalue weighted by Crippen LogP contribution is 2.51. The fourth-order valence-corrected chi connectivity index (χ4v) is 5.96. The van der Waals surface area contributed by atoms with Gasteiger partial charge in [-0.25, -0.2) is 14.8 Å². The summed E-state index contributed by atoms with van der Waals surface area (Å²) in [5, 5.41) is 3.13. The Labute approximate surface area is 206 Å². The first-order chi connectivity index (χ1) is 16.2. The SMILES string of the molecule is C[C@@H]1CN(c2ncc(C(F)(F)F)cn2)C[C@@H](C)N1C(=O)NCC1CC2(C1)CN(CCC(C)(C)C)C2. The summed E-state index contributed by atoms with van der Waals surface area (Å²) in [6.07, 6.45) is 0.756. The molecule has 196 valence electrons. The summed E-state index contributed by atoms with van der Waals surface area (Å²) < 4.78 is 38.4. The average Bonchev–Trinajstić information content (AvgIpc) is 2.69. The van der Waals surface area contributed by atoms with Crippen LogP contribution in [-0.4, -0.2) is 77.2 Å². The topological polar surface area (TPSA) is 64.6 Å². The van der Waals surface area contributed by atoms with Gasteiger partial charge in [0.15, 0.2) is 0 Å². The molecule has 1 spiro atoms. The van der Waals surface area contributed by atoms with Gasteiger partial charge >= 0.3 is 12.2 Å². The summed E-state index contributed by atoms with van der Waals surface area (Å²) in [4.78, 5) is 27.0. The van der Waals surface area contributed by atoms with E-state index in [0.717, 1.165) is 12.4 Å². The smallest absolute Gasteiger partial charge is 0.338 e. The molecule has 10 heteroatoms. The van der Waals surface area contributed by atoms with Gasteiger partial charge in [0.05, 0.1) is 5.56 Å². The van der Waals surface area contributed by atoms with Crippen molar-refractivity contribution in [2.45, 2.75) is 72.1 Å². The number of anilines is 1. The van der Waals surface area contributed by atoms with Crippen LogP contribution in [0.1, 0.15) is 59.4 Å². The zero-order chi connectivity index (χ0) is 25.6. The maximum atomic E-state index is 13.0. The lowest BCUT2D eigenvalue weighted by Gasteiger charge is -2.59. The summed E-state index contributed by atoms with van der Waals surface area (Å²) in [7, 11) is 0. The molecule has 1 saturated carbocycles. The molecule has 0 aromatic carbocycles. The van der Waals surface area contributed by atoms with Gasteiger partial charge in [-0.1, -0.05) is 20.8 Å². The van der Waals surface area contributed by atoms with Crippen LogP contribution in [-0.2, 0) is 6.18 Å². The number of halogens is 3. The van der Waals surface area contributed by atoms with E-state index in [4.69, 9.17) is 0 Å². The molecule has 3 fully saturated rings. The quantitative estimate of drug-likeness (QED) is 0.660. The average molecular weight is 497 g/mol. The number of nitrogens with one attached hydrogen (secondary N) is 1. The minimum atomic E-state index is -4.46. The van der Waals surface area contributed by atoms with E-state index < -0.39 is 11.7 Å². The highest BCUT2D eigenvalue weighted by molar-refractivity contribution is 5.75. The van der Waals surface area contributed by atoms with Crippen LogP contribution in [0, 0.1) is 16.7 Å². The summed E-state index contributed by atoms with van der Waals surface area (Å²) in [6, 6.07) is -0.292. The maximum absolute atomic E-state index is 13.0. The normalized spacial score (nSPS) is 25.4. The number of alkyl halides is 3. The molecule has 2 aliphatic heterocycles. The van der Waals surface area contributed by atoms with E-state index in [9.17, 15) is 18.0 Å². The molecule has 3 heterocycles. The molecule has 0 unspecified atom stereocenters. The van der Waals surface area contributed by atoms with E-state index in [2.05, 4.69) is 41.0 Å². The van der Waals surface area contributed by atoms with Gasteiger partial charge in [0.1, 0.15) is 0 Å². The fraction of sp³-hybridized carbons (Fsp3) is 0.800. The number of urea groups is 1. The van der Waals surface area contributed by atoms with Crippen LogP contribution in [0.5, 0.6) is 0 Å². The van der Waals surface area contributed by atoms with Crippen molar-refractivity contribution in [3.05, 3.63) is 18.0 Å². The number of rotatable bonds is 5. The Hall–Kier alpha value is -2.10. The second-order valence-electron chi connectivity index (χ2n) is 12.3. The number of carbonyl (C=O) groups is 1. The van der Waals surface area contributed by atoms with Gasteiger partial charge in [-0.15, -0.1) is 0 Å². The molecule has 4 rings (SSSR count). The van der Waals surface area contributed by atoms with Crippen molar-refractivity contribution in [3.63, 3.8) is 0 Å². The third-order valence-corrected chi connectivity index (χ3v) is 7.68. The number of nitrogens with zero attached hydrogens (tertiary/aromatic N) is 5. The van der Waals surface area contributed by atoms with Crippen LogP contribution in [0.3, 0.4) is 0 Å². The van der Waals surface area contributed by atoms with E-state index in [1.165, 1.54) is 38.9 Å². The maximum Gasteiger partial charge on any atom is 0.419 e. The number of aromatic nitrogens is 2. The predicted octanol–water partition coefficient (Wildman–Crippen LogP) is 4.25. The highest BCUT2D eigenvalue weighted by Gasteiger charge is 2.51. The van der Waals surface area contributed by atoms with Crippen LogP contribution >= 0.6 is 0 Å². The molecule has 1 aromatic heterocycles. The molecular formula is C25H39F3N6O. The van der Waals surface area contributed by atoms with Crippen LogP contribution in [0.15, 0.2) is 12.4 Å². The molecule has 35 heavy (non-hydrogen) atoms. The Kier molecular flexibility index (Phi) is 6.98. The zero-order valence-corrected chi connectivity index (χ0v) is 21.5. The Morgan fingerprint density at radius 3 is 2.17 bits per heavy atom. The molecule has 1 aromatic rings. The van der Waals surface area contributed by atoms with Crippen molar-refractivity contribution in [1.82, 2.24) is 25.1 Å². The second kappa shape index (κ2) is 9.41. The lowest BCUT2D eigenvalue weighted by Crippen LogP contribution is -2.64. The lowest BCUT2D eigenvalue weighted by atomic mass is 9.57. The van der Waals surface area contributed by atoms with Gasteiger partial charge in [-0.05, 0) is 56.4 Å². The first-order valence-electron chi connectivity index (χ1n) is 12.7. The van der Waals surface area contributed by atoms with Crippen LogP contribution in [0.25, 0.3) is 0 Å². The fourth-order valence-electron chi connectivity index (χ4n) is 5.96. The zero-order valence-electron chi connectivity index (χ0n) is 21.5. The van der Waals surface area contributed by atoms with Crippen molar-refractivity contribution >= 4 is 12.0 Å². The van der Waals surface area contributed by atoms with Gasteiger partial charge in [0.2, 0.25) is 5.95 Å². The largest absolute Gasteiger partial charge is 0.419 e. The third kappa shape index (κ3) is 6.01. The van der Waals surface area contributed by atoms with E-state index >= 15 is 0 Å². The van der Waals surface area contributed by atoms with Crippen LogP contribution < -0.4 is 10.2 Å². The molecule has 1 N–H and O–H groups in total. The monoisotopic (exact) mass is 496 g/mol. The number of hydrogen-bond donors (Lipinski definition) is 1. The molecule has 2 amide bonds. The van der Waals surface area contributed by atoms with Crippen molar-refractivity contribution < 1.29 is 18.0 Å². The van der Waals surface area contributed by atoms with Crippen molar-refractivity contribution in [1.29, 1.82) is 0 Å². The number of amides is 2.